The number of benzene rings is 1. The van der Waals surface area contributed by atoms with Gasteiger partial charge in [0.2, 0.25) is 0 Å². The molecule has 1 aliphatic heterocycles. The van der Waals surface area contributed by atoms with Gasteiger partial charge in [-0.1, -0.05) is 31.2 Å². The quantitative estimate of drug-likeness (QED) is 0.373. The molecule has 2 rings (SSSR count). The van der Waals surface area contributed by atoms with E-state index in [2.05, 4.69) is 11.9 Å². The summed E-state index contributed by atoms with van der Waals surface area (Å²) >= 11 is 5.04. The summed E-state index contributed by atoms with van der Waals surface area (Å²) in [7, 11) is 0. The third kappa shape index (κ3) is 3.89. The van der Waals surface area contributed by atoms with Gasteiger partial charge in [-0.05, 0) is 37.7 Å². The van der Waals surface area contributed by atoms with Crippen molar-refractivity contribution >= 4 is 35.2 Å². The number of nitrogens with one attached hydrogen (secondary N) is 1. The van der Waals surface area contributed by atoms with Crippen LogP contribution in [0.15, 0.2) is 42.5 Å². The van der Waals surface area contributed by atoms with Crippen LogP contribution < -0.4 is 10.1 Å². The number of hydrogen-bond acceptors (Lipinski definition) is 4. The van der Waals surface area contributed by atoms with Crippen LogP contribution >= 0.6 is 12.2 Å². The molecular formula is C18H20N2O3S. The third-order valence-corrected chi connectivity index (χ3v) is 3.94. The highest BCUT2D eigenvalue weighted by atomic mass is 32.1. The molecule has 1 aromatic rings. The van der Waals surface area contributed by atoms with E-state index in [0.717, 1.165) is 6.42 Å². The largest absolute Gasteiger partial charge is 0.490 e. The highest BCUT2D eigenvalue weighted by Gasteiger charge is 2.32. The number of ether oxygens (including phenoxy) is 1. The molecule has 1 saturated heterocycles. The smallest absolute Gasteiger partial charge is 0.265 e. The van der Waals surface area contributed by atoms with Crippen LogP contribution in [-0.2, 0) is 9.59 Å². The second-order valence-corrected chi connectivity index (χ2v) is 5.78. The summed E-state index contributed by atoms with van der Waals surface area (Å²) in [6, 6.07) is 7.29. The number of hydrogen-bond donors (Lipinski definition) is 1. The monoisotopic (exact) mass is 344 g/mol. The standard InChI is InChI=1S/C18H20N2O3S/c1-4-10-20-17(22)14(16(21)19-18(20)24)11-13-8-6-7-9-15(13)23-12(3)5-2/h4,6-9,11-12H,1,5,10H2,2-3H3,(H,19,21,24)/b14-11+/t12-/m1/s1. The van der Waals surface area contributed by atoms with Gasteiger partial charge in [-0.15, -0.1) is 6.58 Å². The lowest BCUT2D eigenvalue weighted by atomic mass is 10.1. The van der Waals surface area contributed by atoms with Crippen molar-refractivity contribution < 1.29 is 14.3 Å². The lowest BCUT2D eigenvalue weighted by Crippen LogP contribution is -2.53. The Morgan fingerprint density at radius 3 is 2.75 bits per heavy atom. The molecule has 0 radical (unpaired) electrons. The lowest BCUT2D eigenvalue weighted by Gasteiger charge is -2.28. The van der Waals surface area contributed by atoms with Crippen LogP contribution in [0, 0.1) is 0 Å². The molecular weight excluding hydrogens is 324 g/mol. The topological polar surface area (TPSA) is 58.6 Å². The van der Waals surface area contributed by atoms with E-state index < -0.39 is 11.8 Å². The molecule has 1 fully saturated rings. The Kier molecular flexibility index (Phi) is 5.87. The van der Waals surface area contributed by atoms with E-state index in [-0.39, 0.29) is 23.3 Å². The summed E-state index contributed by atoms with van der Waals surface area (Å²) in [5, 5.41) is 2.62. The fourth-order valence-electron chi connectivity index (χ4n) is 2.15. The molecule has 1 aromatic carbocycles. The fraction of sp³-hybridized carbons (Fsp3) is 0.278. The average molecular weight is 344 g/mol. The second kappa shape index (κ2) is 7.88. The van der Waals surface area contributed by atoms with Crippen molar-refractivity contribution in [3.63, 3.8) is 0 Å². The van der Waals surface area contributed by atoms with Crippen LogP contribution in [-0.4, -0.2) is 34.5 Å². The fourth-order valence-corrected chi connectivity index (χ4v) is 2.40. The van der Waals surface area contributed by atoms with Crippen LogP contribution in [0.3, 0.4) is 0 Å². The molecule has 0 saturated carbocycles. The zero-order chi connectivity index (χ0) is 17.7. The number of nitrogens with zero attached hydrogens (tertiary/aromatic N) is 1. The second-order valence-electron chi connectivity index (χ2n) is 5.40. The minimum atomic E-state index is -0.511. The highest BCUT2D eigenvalue weighted by molar-refractivity contribution is 7.80. The summed E-state index contributed by atoms with van der Waals surface area (Å²) in [5.41, 5.74) is 0.688. The first-order valence-electron chi connectivity index (χ1n) is 7.73. The summed E-state index contributed by atoms with van der Waals surface area (Å²) in [6.45, 7) is 7.83. The highest BCUT2D eigenvalue weighted by Crippen LogP contribution is 2.24. The Balaban J connectivity index is 2.39. The number of carbonyl (C=O) groups is 2. The first kappa shape index (κ1) is 17.9. The molecule has 24 heavy (non-hydrogen) atoms. The Hall–Kier alpha value is -2.47. The molecule has 0 unspecified atom stereocenters. The maximum Gasteiger partial charge on any atom is 0.265 e. The van der Waals surface area contributed by atoms with Crippen LogP contribution in [0.5, 0.6) is 5.75 Å². The van der Waals surface area contributed by atoms with Crippen LogP contribution in [0.1, 0.15) is 25.8 Å². The van der Waals surface area contributed by atoms with Gasteiger partial charge in [-0.3, -0.25) is 19.8 Å². The van der Waals surface area contributed by atoms with Gasteiger partial charge >= 0.3 is 0 Å². The lowest BCUT2D eigenvalue weighted by molar-refractivity contribution is -0.128. The van der Waals surface area contributed by atoms with Gasteiger partial charge in [0.1, 0.15) is 11.3 Å². The molecule has 5 nitrogen and oxygen atoms in total. The van der Waals surface area contributed by atoms with E-state index >= 15 is 0 Å². The molecule has 1 heterocycles. The van der Waals surface area contributed by atoms with Crippen LogP contribution in [0.25, 0.3) is 6.08 Å². The van der Waals surface area contributed by atoms with Crippen LogP contribution in [0.2, 0.25) is 0 Å². The van der Waals surface area contributed by atoms with Gasteiger partial charge in [-0.2, -0.15) is 0 Å². The van der Waals surface area contributed by atoms with E-state index in [1.807, 2.05) is 32.0 Å². The van der Waals surface area contributed by atoms with Crippen molar-refractivity contribution in [1.82, 2.24) is 10.2 Å². The SMILES string of the molecule is C=CCN1C(=O)/C(=C/c2ccccc2O[C@H](C)CC)C(=O)NC1=S. The normalized spacial score (nSPS) is 17.7. The van der Waals surface area contributed by atoms with Crippen molar-refractivity contribution in [3.8, 4) is 5.75 Å². The minimum absolute atomic E-state index is 0.0191. The van der Waals surface area contributed by atoms with Gasteiger partial charge in [0.05, 0.1) is 6.10 Å². The first-order valence-corrected chi connectivity index (χ1v) is 8.14. The third-order valence-electron chi connectivity index (χ3n) is 3.62. The van der Waals surface area contributed by atoms with Gasteiger partial charge in [0.25, 0.3) is 11.8 Å². The molecule has 1 aliphatic rings. The Bertz CT molecular complexity index is 712. The minimum Gasteiger partial charge on any atom is -0.490 e. The summed E-state index contributed by atoms with van der Waals surface area (Å²) in [4.78, 5) is 26.0. The van der Waals surface area contributed by atoms with Gasteiger partial charge < -0.3 is 4.74 Å². The molecule has 0 spiro atoms. The van der Waals surface area contributed by atoms with E-state index in [0.29, 0.717) is 11.3 Å². The Morgan fingerprint density at radius 1 is 1.38 bits per heavy atom. The molecule has 2 amide bonds. The van der Waals surface area contributed by atoms with Gasteiger partial charge in [0, 0.05) is 12.1 Å². The summed E-state index contributed by atoms with van der Waals surface area (Å²) < 4.78 is 5.86. The average Bonchev–Trinajstić information content (AvgIpc) is 2.56. The van der Waals surface area contributed by atoms with Crippen molar-refractivity contribution in [2.45, 2.75) is 26.4 Å². The zero-order valence-electron chi connectivity index (χ0n) is 13.7. The maximum atomic E-state index is 12.6. The zero-order valence-corrected chi connectivity index (χ0v) is 14.6. The van der Waals surface area contributed by atoms with Gasteiger partial charge in [-0.25, -0.2) is 0 Å². The maximum absolute atomic E-state index is 12.6. The number of amides is 2. The summed E-state index contributed by atoms with van der Waals surface area (Å²) in [5.74, 6) is -0.325. The molecule has 0 aliphatic carbocycles. The number of para-hydroxylation sites is 1. The number of carbonyl (C=O) groups excluding carboxylic acids is 2. The van der Waals surface area contributed by atoms with E-state index in [9.17, 15) is 9.59 Å². The van der Waals surface area contributed by atoms with Crippen molar-refractivity contribution in [3.05, 3.63) is 48.1 Å². The molecule has 1 N–H and O–H groups in total. The molecule has 6 heteroatoms. The van der Waals surface area contributed by atoms with E-state index in [1.165, 1.54) is 11.0 Å². The predicted octanol–water partition coefficient (Wildman–Crippen LogP) is 2.68. The molecule has 0 bridgehead atoms. The van der Waals surface area contributed by atoms with E-state index in [1.54, 1.807) is 12.1 Å². The van der Waals surface area contributed by atoms with Crippen molar-refractivity contribution in [2.24, 2.45) is 0 Å². The van der Waals surface area contributed by atoms with Gasteiger partial charge in [0.15, 0.2) is 5.11 Å². The Morgan fingerprint density at radius 2 is 2.08 bits per heavy atom. The number of thiocarbonyl (C=S) groups is 1. The van der Waals surface area contributed by atoms with Crippen molar-refractivity contribution in [2.75, 3.05) is 6.54 Å². The molecule has 126 valence electrons. The Labute approximate surface area is 147 Å². The number of rotatable bonds is 6. The van der Waals surface area contributed by atoms with Crippen molar-refractivity contribution in [1.29, 1.82) is 0 Å². The first-order chi connectivity index (χ1) is 11.5. The predicted molar refractivity (Wildman–Crippen MR) is 97.5 cm³/mol. The van der Waals surface area contributed by atoms with E-state index in [4.69, 9.17) is 17.0 Å². The molecule has 0 aromatic heterocycles. The summed E-state index contributed by atoms with van der Waals surface area (Å²) in [6.07, 6.45) is 3.98. The molecule has 1 atom stereocenters. The van der Waals surface area contributed by atoms with Crippen LogP contribution in [0.4, 0.5) is 0 Å².